The second-order valence-electron chi connectivity index (χ2n) is 6.89. The van der Waals surface area contributed by atoms with Crippen LogP contribution < -0.4 is 5.32 Å². The van der Waals surface area contributed by atoms with Crippen molar-refractivity contribution in [3.8, 4) is 5.69 Å². The van der Waals surface area contributed by atoms with Gasteiger partial charge in [0.25, 0.3) is 0 Å². The lowest BCUT2D eigenvalue weighted by atomic mass is 9.97. The molecule has 0 bridgehead atoms. The van der Waals surface area contributed by atoms with Gasteiger partial charge >= 0.3 is 0 Å². The number of benzene rings is 1. The van der Waals surface area contributed by atoms with Crippen molar-refractivity contribution in [1.82, 2.24) is 20.1 Å². The van der Waals surface area contributed by atoms with Gasteiger partial charge in [0.2, 0.25) is 5.91 Å². The number of aromatic nitrogens is 3. The molecule has 1 aromatic carbocycles. The highest BCUT2D eigenvalue weighted by Gasteiger charge is 2.38. The summed E-state index contributed by atoms with van der Waals surface area (Å²) in [6, 6.07) is 7.77. The second-order valence-corrected chi connectivity index (χ2v) is 7.78. The van der Waals surface area contributed by atoms with Gasteiger partial charge in [-0.25, -0.2) is 14.1 Å². The van der Waals surface area contributed by atoms with Gasteiger partial charge in [0.05, 0.1) is 23.3 Å². The molecule has 3 atom stereocenters. The van der Waals surface area contributed by atoms with Crippen molar-refractivity contribution >= 4 is 17.2 Å². The van der Waals surface area contributed by atoms with Gasteiger partial charge in [-0.05, 0) is 50.6 Å². The number of ether oxygens (including phenoxy) is 1. The molecule has 6 nitrogen and oxygen atoms in total. The highest BCUT2D eigenvalue weighted by Crippen LogP contribution is 2.36. The molecule has 0 radical (unpaired) electrons. The van der Waals surface area contributed by atoms with Gasteiger partial charge in [0.1, 0.15) is 16.9 Å². The number of nitrogens with zero attached hydrogens (tertiary/aromatic N) is 3. The van der Waals surface area contributed by atoms with Crippen molar-refractivity contribution in [2.45, 2.75) is 32.4 Å². The smallest absolute Gasteiger partial charge is 0.226 e. The quantitative estimate of drug-likeness (QED) is 0.709. The summed E-state index contributed by atoms with van der Waals surface area (Å²) in [5.74, 6) is -0.688. The van der Waals surface area contributed by atoms with E-state index in [1.807, 2.05) is 25.3 Å². The monoisotopic (exact) mass is 400 g/mol. The summed E-state index contributed by atoms with van der Waals surface area (Å²) >= 11 is 1.54. The Hall–Kier alpha value is -2.58. The maximum Gasteiger partial charge on any atom is 0.226 e. The molecule has 1 fully saturated rings. The normalized spacial score (nSPS) is 20.2. The molecule has 3 heterocycles. The van der Waals surface area contributed by atoms with Gasteiger partial charge in [0.15, 0.2) is 0 Å². The van der Waals surface area contributed by atoms with Crippen molar-refractivity contribution in [2.24, 2.45) is 5.92 Å². The maximum absolute atomic E-state index is 13.2. The van der Waals surface area contributed by atoms with Crippen LogP contribution in [0, 0.1) is 18.7 Å². The van der Waals surface area contributed by atoms with Crippen LogP contribution >= 0.6 is 11.3 Å². The number of nitrogens with one attached hydrogen (secondary N) is 1. The van der Waals surface area contributed by atoms with Gasteiger partial charge in [-0.1, -0.05) is 0 Å². The van der Waals surface area contributed by atoms with Crippen molar-refractivity contribution in [1.29, 1.82) is 0 Å². The molecule has 1 saturated heterocycles. The molecule has 1 amide bonds. The first-order valence-electron chi connectivity index (χ1n) is 9.17. The Kier molecular flexibility index (Phi) is 5.23. The van der Waals surface area contributed by atoms with Gasteiger partial charge in [-0.2, -0.15) is 5.10 Å². The molecule has 0 spiro atoms. The predicted octanol–water partition coefficient (Wildman–Crippen LogP) is 3.73. The first kappa shape index (κ1) is 18.8. The van der Waals surface area contributed by atoms with Gasteiger partial charge < -0.3 is 10.1 Å². The minimum atomic E-state index is -0.405. The molecule has 1 N–H and O–H groups in total. The molecule has 146 valence electrons. The van der Waals surface area contributed by atoms with E-state index in [1.54, 1.807) is 23.0 Å². The highest BCUT2D eigenvalue weighted by molar-refractivity contribution is 7.09. The summed E-state index contributed by atoms with van der Waals surface area (Å²) in [6.07, 6.45) is 1.89. The van der Waals surface area contributed by atoms with E-state index < -0.39 is 6.10 Å². The molecule has 1 aliphatic heterocycles. The van der Waals surface area contributed by atoms with E-state index in [9.17, 15) is 9.18 Å². The third-order valence-electron chi connectivity index (χ3n) is 4.83. The molecule has 0 aliphatic carbocycles. The molecular weight excluding hydrogens is 379 g/mol. The number of halogens is 1. The standard InChI is InChI=1S/C20H21FN4O2S/c1-12-11-28-20(23-12)13(2)24-19(26)16-8-10-27-18(16)17-7-9-22-25(17)15-5-3-14(21)4-6-15/h3-7,9,11,13,16,18H,8,10H2,1-2H3,(H,24,26)/t13?,16-,18-/m0/s1. The fourth-order valence-electron chi connectivity index (χ4n) is 3.43. The highest BCUT2D eigenvalue weighted by atomic mass is 32.1. The Balaban J connectivity index is 1.53. The van der Waals surface area contributed by atoms with Crippen LogP contribution in [0.5, 0.6) is 0 Å². The zero-order valence-electron chi connectivity index (χ0n) is 15.6. The first-order valence-corrected chi connectivity index (χ1v) is 10.0. The lowest BCUT2D eigenvalue weighted by Crippen LogP contribution is -2.34. The first-order chi connectivity index (χ1) is 13.5. The molecule has 0 saturated carbocycles. The lowest BCUT2D eigenvalue weighted by Gasteiger charge is -2.21. The molecule has 3 aromatic rings. The summed E-state index contributed by atoms with van der Waals surface area (Å²) in [4.78, 5) is 17.4. The maximum atomic E-state index is 13.2. The summed E-state index contributed by atoms with van der Waals surface area (Å²) in [6.45, 7) is 4.37. The fourth-order valence-corrected chi connectivity index (χ4v) is 4.23. The number of carbonyl (C=O) groups is 1. The summed E-state index contributed by atoms with van der Waals surface area (Å²) in [5.41, 5.74) is 2.45. The summed E-state index contributed by atoms with van der Waals surface area (Å²) in [7, 11) is 0. The number of amides is 1. The molecule has 8 heteroatoms. The van der Waals surface area contributed by atoms with Crippen LogP contribution in [0.4, 0.5) is 4.39 Å². The van der Waals surface area contributed by atoms with Crippen LogP contribution in [-0.4, -0.2) is 27.3 Å². The number of rotatable bonds is 5. The van der Waals surface area contributed by atoms with E-state index in [2.05, 4.69) is 15.4 Å². The Bertz CT molecular complexity index is 969. The zero-order chi connectivity index (χ0) is 19.7. The van der Waals surface area contributed by atoms with Crippen molar-refractivity contribution in [3.63, 3.8) is 0 Å². The minimum absolute atomic E-state index is 0.0605. The Morgan fingerprint density at radius 2 is 2.14 bits per heavy atom. The van der Waals surface area contributed by atoms with E-state index >= 15 is 0 Å². The molecule has 2 aromatic heterocycles. The van der Waals surface area contributed by atoms with Crippen LogP contribution in [-0.2, 0) is 9.53 Å². The second kappa shape index (κ2) is 7.81. The number of carbonyl (C=O) groups excluding carboxylic acids is 1. The SMILES string of the molecule is Cc1csc(C(C)NC(=O)[C@H]2CCO[C@@H]2c2ccnn2-c2ccc(F)cc2)n1. The van der Waals surface area contributed by atoms with Crippen LogP contribution in [0.15, 0.2) is 41.9 Å². The summed E-state index contributed by atoms with van der Waals surface area (Å²) < 4.78 is 20.8. The van der Waals surface area contributed by atoms with E-state index in [4.69, 9.17) is 4.74 Å². The molecule has 1 aliphatic rings. The minimum Gasteiger partial charge on any atom is -0.371 e. The third kappa shape index (κ3) is 3.70. The average molecular weight is 400 g/mol. The number of aryl methyl sites for hydroxylation is 1. The van der Waals surface area contributed by atoms with Crippen molar-refractivity contribution in [2.75, 3.05) is 6.61 Å². The van der Waals surface area contributed by atoms with Crippen molar-refractivity contribution in [3.05, 3.63) is 64.1 Å². The number of hydrogen-bond acceptors (Lipinski definition) is 5. The van der Waals surface area contributed by atoms with Crippen molar-refractivity contribution < 1.29 is 13.9 Å². The Morgan fingerprint density at radius 1 is 1.36 bits per heavy atom. The predicted molar refractivity (Wildman–Crippen MR) is 104 cm³/mol. The van der Waals surface area contributed by atoms with E-state index in [-0.39, 0.29) is 23.7 Å². The molecule has 1 unspecified atom stereocenters. The van der Waals surface area contributed by atoms with Gasteiger partial charge in [-0.15, -0.1) is 11.3 Å². The van der Waals surface area contributed by atoms with Crippen LogP contribution in [0.2, 0.25) is 0 Å². The lowest BCUT2D eigenvalue weighted by molar-refractivity contribution is -0.127. The average Bonchev–Trinajstić information content (AvgIpc) is 3.41. The van der Waals surface area contributed by atoms with Crippen LogP contribution in [0.3, 0.4) is 0 Å². The Morgan fingerprint density at radius 3 is 2.86 bits per heavy atom. The topological polar surface area (TPSA) is 69.0 Å². The van der Waals surface area contributed by atoms with Gasteiger partial charge in [0, 0.05) is 23.9 Å². The summed E-state index contributed by atoms with van der Waals surface area (Å²) in [5, 5.41) is 10.3. The largest absolute Gasteiger partial charge is 0.371 e. The molecular formula is C20H21FN4O2S. The fraction of sp³-hybridized carbons (Fsp3) is 0.350. The number of thiazole rings is 1. The molecule has 28 heavy (non-hydrogen) atoms. The van der Waals surface area contributed by atoms with Gasteiger partial charge in [-0.3, -0.25) is 4.79 Å². The van der Waals surface area contributed by atoms with E-state index in [0.717, 1.165) is 22.1 Å². The van der Waals surface area contributed by atoms with E-state index in [0.29, 0.717) is 13.0 Å². The van der Waals surface area contributed by atoms with E-state index in [1.165, 1.54) is 23.5 Å². The zero-order valence-corrected chi connectivity index (χ0v) is 16.4. The van der Waals surface area contributed by atoms with Crippen LogP contribution in [0.1, 0.15) is 41.9 Å². The Labute approximate surface area is 166 Å². The third-order valence-corrected chi connectivity index (χ3v) is 5.97. The molecule has 4 rings (SSSR count). The number of hydrogen-bond donors (Lipinski definition) is 1. The van der Waals surface area contributed by atoms with Crippen LogP contribution in [0.25, 0.3) is 5.69 Å².